The standard InChI is InChI=1S/C28H29F3N4O4S/c1-3-19-8-4-5-10-21(19)27-22(28(29,30)31)13-14-23(32-27)34-40(38,39)25-12-6-11-24(33-25)35-15-7-9-20(17-35)18(2)16-26(36)37/h3-6,8,10-14,18,20H,1,7,9,15-17H2,2H3,(H,32,34)(H,36,37). The predicted molar refractivity (Wildman–Crippen MR) is 146 cm³/mol. The highest BCUT2D eigenvalue weighted by Gasteiger charge is 2.35. The van der Waals surface area contributed by atoms with Gasteiger partial charge in [0, 0.05) is 25.1 Å². The second-order valence-corrected chi connectivity index (χ2v) is 11.4. The number of aliphatic carboxylic acids is 1. The normalized spacial score (nSPS) is 16.8. The molecule has 3 heterocycles. The molecule has 3 aromatic rings. The van der Waals surface area contributed by atoms with Gasteiger partial charge in [0.1, 0.15) is 11.6 Å². The number of carboxylic acids is 1. The molecule has 2 unspecified atom stereocenters. The Morgan fingerprint density at radius 3 is 2.62 bits per heavy atom. The lowest BCUT2D eigenvalue weighted by molar-refractivity contribution is -0.138. The maximum absolute atomic E-state index is 13.8. The van der Waals surface area contributed by atoms with Crippen molar-refractivity contribution in [3.8, 4) is 11.3 Å². The van der Waals surface area contributed by atoms with Crippen molar-refractivity contribution in [3.63, 3.8) is 0 Å². The Balaban J connectivity index is 1.62. The number of sulfonamides is 1. The molecule has 1 aromatic carbocycles. The highest BCUT2D eigenvalue weighted by molar-refractivity contribution is 7.92. The van der Waals surface area contributed by atoms with Gasteiger partial charge < -0.3 is 10.0 Å². The van der Waals surface area contributed by atoms with Crippen LogP contribution in [-0.2, 0) is 21.0 Å². The van der Waals surface area contributed by atoms with Crippen LogP contribution >= 0.6 is 0 Å². The molecule has 212 valence electrons. The summed E-state index contributed by atoms with van der Waals surface area (Å²) in [4.78, 5) is 21.4. The number of hydrogen-bond donors (Lipinski definition) is 2. The molecule has 2 atom stereocenters. The van der Waals surface area contributed by atoms with Gasteiger partial charge in [-0.3, -0.25) is 9.52 Å². The Kier molecular flexibility index (Phi) is 8.48. The molecule has 40 heavy (non-hydrogen) atoms. The topological polar surface area (TPSA) is 112 Å². The minimum Gasteiger partial charge on any atom is -0.481 e. The van der Waals surface area contributed by atoms with Crippen molar-refractivity contribution in [2.75, 3.05) is 22.7 Å². The first-order chi connectivity index (χ1) is 18.9. The van der Waals surface area contributed by atoms with E-state index >= 15 is 0 Å². The third-order valence-corrected chi connectivity index (χ3v) is 8.20. The number of benzene rings is 1. The number of alkyl halides is 3. The molecule has 0 aliphatic carbocycles. The third kappa shape index (κ3) is 6.61. The summed E-state index contributed by atoms with van der Waals surface area (Å²) in [5, 5.41) is 8.82. The Hall–Kier alpha value is -3.93. The molecular weight excluding hydrogens is 545 g/mol. The molecule has 0 radical (unpaired) electrons. The van der Waals surface area contributed by atoms with Gasteiger partial charge in [-0.1, -0.05) is 49.9 Å². The molecule has 4 rings (SSSR count). The van der Waals surface area contributed by atoms with Crippen LogP contribution in [0.15, 0.2) is 66.2 Å². The Morgan fingerprint density at radius 2 is 1.93 bits per heavy atom. The van der Waals surface area contributed by atoms with Gasteiger partial charge in [0.05, 0.1) is 11.3 Å². The third-order valence-electron chi connectivity index (χ3n) is 6.94. The SMILES string of the molecule is C=Cc1ccccc1-c1nc(NS(=O)(=O)c2cccc(N3CCCC(C(C)CC(=O)O)C3)n2)ccc1C(F)(F)F. The van der Waals surface area contributed by atoms with E-state index in [-0.39, 0.29) is 34.7 Å². The molecule has 2 N–H and O–H groups in total. The van der Waals surface area contributed by atoms with Crippen LogP contribution in [0.4, 0.5) is 24.8 Å². The van der Waals surface area contributed by atoms with Crippen LogP contribution in [0.25, 0.3) is 17.3 Å². The zero-order valence-electron chi connectivity index (χ0n) is 21.7. The Morgan fingerprint density at radius 1 is 1.18 bits per heavy atom. The zero-order valence-corrected chi connectivity index (χ0v) is 22.5. The Bertz CT molecular complexity index is 1510. The minimum absolute atomic E-state index is 0.0453. The summed E-state index contributed by atoms with van der Waals surface area (Å²) in [5.74, 6) is -0.695. The molecule has 12 heteroatoms. The molecule has 1 saturated heterocycles. The summed E-state index contributed by atoms with van der Waals surface area (Å²) in [6.45, 7) is 6.70. The smallest absolute Gasteiger partial charge is 0.418 e. The molecule has 2 aromatic heterocycles. The van der Waals surface area contributed by atoms with Crippen molar-refractivity contribution < 1.29 is 31.5 Å². The van der Waals surface area contributed by atoms with Crippen LogP contribution in [0.3, 0.4) is 0 Å². The minimum atomic E-state index is -4.72. The van der Waals surface area contributed by atoms with E-state index < -0.39 is 33.4 Å². The molecule has 0 amide bonds. The average molecular weight is 575 g/mol. The van der Waals surface area contributed by atoms with Crippen molar-refractivity contribution in [1.29, 1.82) is 0 Å². The number of carbonyl (C=O) groups is 1. The van der Waals surface area contributed by atoms with E-state index in [9.17, 15) is 26.4 Å². The number of halogens is 3. The number of hydrogen-bond acceptors (Lipinski definition) is 6. The highest BCUT2D eigenvalue weighted by Crippen LogP contribution is 2.38. The molecule has 0 bridgehead atoms. The maximum Gasteiger partial charge on any atom is 0.418 e. The van der Waals surface area contributed by atoms with Gasteiger partial charge in [0.15, 0.2) is 5.03 Å². The van der Waals surface area contributed by atoms with Crippen molar-refractivity contribution in [2.45, 2.75) is 37.4 Å². The molecule has 1 aliphatic rings. The fraction of sp³-hybridized carbons (Fsp3) is 0.321. The number of nitrogens with one attached hydrogen (secondary N) is 1. The van der Waals surface area contributed by atoms with Crippen LogP contribution < -0.4 is 9.62 Å². The molecular formula is C28H29F3N4O4S. The average Bonchev–Trinajstić information content (AvgIpc) is 2.92. The summed E-state index contributed by atoms with van der Waals surface area (Å²) < 4.78 is 70.2. The van der Waals surface area contributed by atoms with Crippen LogP contribution in [0.2, 0.25) is 0 Å². The van der Waals surface area contributed by atoms with Crippen molar-refractivity contribution in [3.05, 3.63) is 72.3 Å². The molecule has 1 aliphatic heterocycles. The number of piperidine rings is 1. The number of rotatable bonds is 9. The number of pyridine rings is 2. The van der Waals surface area contributed by atoms with E-state index in [1.807, 2.05) is 11.8 Å². The van der Waals surface area contributed by atoms with Crippen molar-refractivity contribution in [1.82, 2.24) is 9.97 Å². The molecule has 8 nitrogen and oxygen atoms in total. The first kappa shape index (κ1) is 29.1. The van der Waals surface area contributed by atoms with E-state index in [4.69, 9.17) is 5.11 Å². The van der Waals surface area contributed by atoms with Gasteiger partial charge >= 0.3 is 12.1 Å². The Labute approximate surface area is 230 Å². The lowest BCUT2D eigenvalue weighted by Gasteiger charge is -2.36. The summed E-state index contributed by atoms with van der Waals surface area (Å²) in [5.41, 5.74) is -0.878. The number of carboxylic acid groups (broad SMARTS) is 1. The van der Waals surface area contributed by atoms with E-state index in [1.54, 1.807) is 24.3 Å². The monoisotopic (exact) mass is 574 g/mol. The summed E-state index contributed by atoms with van der Waals surface area (Å²) >= 11 is 0. The van der Waals surface area contributed by atoms with Crippen molar-refractivity contribution in [2.24, 2.45) is 11.8 Å². The quantitative estimate of drug-likeness (QED) is 0.326. The summed E-state index contributed by atoms with van der Waals surface area (Å²) in [7, 11) is -4.31. The highest BCUT2D eigenvalue weighted by atomic mass is 32.2. The fourth-order valence-corrected chi connectivity index (χ4v) is 5.85. The van der Waals surface area contributed by atoms with Crippen molar-refractivity contribution >= 4 is 33.7 Å². The van der Waals surface area contributed by atoms with Crippen LogP contribution in [0.1, 0.15) is 37.3 Å². The number of aromatic nitrogens is 2. The van der Waals surface area contributed by atoms with Crippen LogP contribution in [-0.4, -0.2) is 42.6 Å². The van der Waals surface area contributed by atoms with Crippen LogP contribution in [0, 0.1) is 11.8 Å². The second kappa shape index (κ2) is 11.7. The van der Waals surface area contributed by atoms with Gasteiger partial charge in [-0.2, -0.15) is 21.6 Å². The fourth-order valence-electron chi connectivity index (χ4n) is 4.89. The lowest BCUT2D eigenvalue weighted by atomic mass is 9.84. The number of nitrogens with zero attached hydrogens (tertiary/aromatic N) is 3. The molecule has 0 saturated carbocycles. The van der Waals surface area contributed by atoms with Crippen LogP contribution in [0.5, 0.6) is 0 Å². The second-order valence-electron chi connectivity index (χ2n) is 9.74. The van der Waals surface area contributed by atoms with Gasteiger partial charge in [0.2, 0.25) is 0 Å². The molecule has 1 fully saturated rings. The van der Waals surface area contributed by atoms with Gasteiger partial charge in [-0.25, -0.2) is 9.97 Å². The van der Waals surface area contributed by atoms with Gasteiger partial charge in [-0.05, 0) is 54.5 Å². The number of anilines is 2. The summed E-state index contributed by atoms with van der Waals surface area (Å²) in [6, 6.07) is 12.5. The van der Waals surface area contributed by atoms with E-state index in [0.717, 1.165) is 25.0 Å². The molecule has 0 spiro atoms. The van der Waals surface area contributed by atoms with E-state index in [2.05, 4.69) is 21.3 Å². The summed E-state index contributed by atoms with van der Waals surface area (Å²) in [6.07, 6.45) is -1.61. The first-order valence-corrected chi connectivity index (χ1v) is 14.1. The first-order valence-electron chi connectivity index (χ1n) is 12.7. The van der Waals surface area contributed by atoms with E-state index in [0.29, 0.717) is 24.5 Å². The van der Waals surface area contributed by atoms with Gasteiger partial charge in [0.25, 0.3) is 10.0 Å². The lowest BCUT2D eigenvalue weighted by Crippen LogP contribution is -2.39. The maximum atomic E-state index is 13.8. The zero-order chi connectivity index (χ0) is 29.1. The van der Waals surface area contributed by atoms with Gasteiger partial charge in [-0.15, -0.1) is 0 Å². The largest absolute Gasteiger partial charge is 0.481 e. The van der Waals surface area contributed by atoms with E-state index in [1.165, 1.54) is 24.3 Å². The predicted octanol–water partition coefficient (Wildman–Crippen LogP) is 5.93.